The van der Waals surface area contributed by atoms with Gasteiger partial charge in [0.15, 0.2) is 6.35 Å². The van der Waals surface area contributed by atoms with Crippen LogP contribution in [0.1, 0.15) is 6.42 Å². The van der Waals surface area contributed by atoms with E-state index >= 15 is 0 Å². The summed E-state index contributed by atoms with van der Waals surface area (Å²) in [5, 5.41) is 8.25. The van der Waals surface area contributed by atoms with Crippen molar-refractivity contribution in [3.05, 3.63) is 0 Å². The zero-order valence-corrected chi connectivity index (χ0v) is 6.51. The van der Waals surface area contributed by atoms with Gasteiger partial charge in [0.1, 0.15) is 6.42 Å². The molecule has 1 atom stereocenters. The molecule has 0 fully saturated rings. The van der Waals surface area contributed by atoms with Crippen molar-refractivity contribution in [1.82, 2.24) is 0 Å². The number of aliphatic hydroxyl groups excluding tert-OH is 1. The molecule has 0 aromatic heterocycles. The molecule has 0 saturated heterocycles. The molecule has 1 N–H and O–H groups in total. The van der Waals surface area contributed by atoms with Gasteiger partial charge in [-0.05, 0) is 0 Å². The van der Waals surface area contributed by atoms with E-state index in [4.69, 9.17) is 5.11 Å². The molecule has 0 spiro atoms. The summed E-state index contributed by atoms with van der Waals surface area (Å²) in [6.45, 7) is 0. The number of hydrogen-bond donors (Lipinski definition) is 1. The van der Waals surface area contributed by atoms with E-state index in [0.717, 1.165) is 0 Å². The van der Waals surface area contributed by atoms with Crippen molar-refractivity contribution in [2.75, 3.05) is 13.5 Å². The molecule has 0 aromatic carbocycles. The molecule has 0 aliphatic heterocycles. The third-order valence-electron chi connectivity index (χ3n) is 0.829. The van der Waals surface area contributed by atoms with Crippen molar-refractivity contribution in [1.29, 1.82) is 0 Å². The van der Waals surface area contributed by atoms with Gasteiger partial charge in [-0.1, -0.05) is 0 Å². The largest absolute Gasteiger partial charge is 0.629 e. The highest BCUT2D eigenvalue weighted by molar-refractivity contribution is 7.49. The summed E-state index contributed by atoms with van der Waals surface area (Å²) in [6, 6.07) is 0. The smallest absolute Gasteiger partial charge is 0.313 e. The third-order valence-corrected chi connectivity index (χ3v) is 1.70. The number of methoxy groups -OCH3 is 1. The molecule has 0 radical (unpaired) electrons. The van der Waals surface area contributed by atoms with Crippen LogP contribution in [0.4, 0.5) is 0 Å². The topological polar surface area (TPSA) is 69.6 Å². The van der Waals surface area contributed by atoms with E-state index < -0.39 is 20.1 Å². The fraction of sp³-hybridized carbons (Fsp3) is 0.600. The van der Waals surface area contributed by atoms with E-state index in [-0.39, 0.29) is 6.42 Å². The van der Waals surface area contributed by atoms with Gasteiger partial charge in [0, 0.05) is 0 Å². The van der Waals surface area contributed by atoms with Crippen molar-refractivity contribution in [2.45, 2.75) is 6.42 Å². The molecule has 0 aromatic rings. The van der Waals surface area contributed by atoms with E-state index in [1.807, 2.05) is 0 Å². The molecule has 4 nitrogen and oxygen atoms in total. The summed E-state index contributed by atoms with van der Waals surface area (Å²) in [6.07, 6.45) is -0.418. The first kappa shape index (κ1) is 9.56. The normalized spacial score (nSPS) is 11.3. The monoisotopic (exact) mass is 164 g/mol. The van der Waals surface area contributed by atoms with Gasteiger partial charge >= 0.3 is 5.97 Å². The molecule has 0 aliphatic carbocycles. The van der Waals surface area contributed by atoms with E-state index in [1.54, 1.807) is 0 Å². The first-order chi connectivity index (χ1) is 4.70. The maximum absolute atomic E-state index is 10.5. The maximum atomic E-state index is 10.5. The van der Waals surface area contributed by atoms with E-state index in [2.05, 4.69) is 4.74 Å². The number of carbonyl (C=O) groups excluding carboxylic acids is 1. The van der Waals surface area contributed by atoms with Gasteiger partial charge in [0.05, 0.1) is 20.7 Å². The lowest BCUT2D eigenvalue weighted by atomic mass is 10.5. The van der Waals surface area contributed by atoms with Gasteiger partial charge in [0.2, 0.25) is 0 Å². The Morgan fingerprint density at radius 3 is 2.90 bits per heavy atom. The molecule has 5 heteroatoms. The highest BCUT2D eigenvalue weighted by Gasteiger charge is 1.99. The molecule has 0 heterocycles. The Labute approximate surface area is 59.9 Å². The fourth-order valence-corrected chi connectivity index (χ4v) is 0.786. The summed E-state index contributed by atoms with van der Waals surface area (Å²) in [5.74, 6) is 0.790. The zero-order valence-electron chi connectivity index (χ0n) is 5.61. The molecule has 58 valence electrons. The predicted octanol–water partition coefficient (Wildman–Crippen LogP) is -0.941. The number of hydrogen-bond acceptors (Lipinski definition) is 4. The molecule has 0 rings (SSSR count). The van der Waals surface area contributed by atoms with Crippen LogP contribution in [0.3, 0.4) is 0 Å². The van der Waals surface area contributed by atoms with Gasteiger partial charge in [-0.15, -0.1) is 0 Å². The lowest BCUT2D eigenvalue weighted by molar-refractivity contribution is -0.156. The van der Waals surface area contributed by atoms with Gasteiger partial charge in [-0.25, -0.2) is 0 Å². The molecule has 0 amide bonds. The quantitative estimate of drug-likeness (QED) is 0.431. The molecular formula is C5H9O4P. The number of ether oxygens (including phenoxy) is 1. The predicted molar refractivity (Wildman–Crippen MR) is 36.7 cm³/mol. The summed E-state index contributed by atoms with van der Waals surface area (Å²) < 4.78 is 4.26. The van der Waals surface area contributed by atoms with Crippen molar-refractivity contribution in [3.63, 3.8) is 0 Å². The Morgan fingerprint density at radius 2 is 2.50 bits per heavy atom. The number of aliphatic hydroxyl groups is 1. The van der Waals surface area contributed by atoms with Gasteiger partial charge in [-0.2, -0.15) is 0 Å². The maximum Gasteiger partial charge on any atom is 0.313 e. The summed E-state index contributed by atoms with van der Waals surface area (Å²) >= 11 is 0. The zero-order chi connectivity index (χ0) is 7.98. The standard InChI is InChI=1S/C5H9O4P/c1-9-5(7)2-3-10(8)4-6/h3,6H,2,4H2,1H3. The van der Waals surface area contributed by atoms with Crippen LogP contribution in [0, 0.1) is 0 Å². The van der Waals surface area contributed by atoms with Crippen molar-refractivity contribution >= 4 is 19.5 Å². The molecule has 10 heavy (non-hydrogen) atoms. The first-order valence-corrected chi connectivity index (χ1v) is 4.17. The van der Waals surface area contributed by atoms with Gasteiger partial charge < -0.3 is 14.7 Å². The van der Waals surface area contributed by atoms with Crippen LogP contribution in [-0.4, -0.2) is 30.3 Å². The lowest BCUT2D eigenvalue weighted by Crippen LogP contribution is -2.02. The Bertz CT molecular complexity index is 143. The minimum absolute atomic E-state index is 0.00767. The van der Waals surface area contributed by atoms with Crippen molar-refractivity contribution in [2.24, 2.45) is 0 Å². The number of rotatable bonds is 3. The van der Waals surface area contributed by atoms with E-state index in [0.29, 0.717) is 0 Å². The Balaban J connectivity index is 3.61. The summed E-state index contributed by atoms with van der Waals surface area (Å²) in [7, 11) is -0.485. The van der Waals surface area contributed by atoms with Crippen molar-refractivity contribution in [3.8, 4) is 0 Å². The minimum Gasteiger partial charge on any atom is -0.629 e. The average molecular weight is 164 g/mol. The van der Waals surface area contributed by atoms with Crippen LogP contribution in [-0.2, 0) is 9.53 Å². The molecular weight excluding hydrogens is 155 g/mol. The molecule has 0 saturated carbocycles. The fourth-order valence-electron chi connectivity index (χ4n) is 0.317. The minimum atomic E-state index is -1.74. The second-order valence-corrected chi connectivity index (χ2v) is 3.00. The van der Waals surface area contributed by atoms with Gasteiger partial charge in [-0.3, -0.25) is 4.79 Å². The van der Waals surface area contributed by atoms with Crippen LogP contribution in [0.5, 0.6) is 0 Å². The SMILES string of the molecule is COC(=O)CC=[P+]([O-])CO. The van der Waals surface area contributed by atoms with Crippen LogP contribution in [0.15, 0.2) is 0 Å². The Hall–Kier alpha value is -0.440. The highest BCUT2D eigenvalue weighted by atomic mass is 31.1. The van der Waals surface area contributed by atoms with E-state index in [9.17, 15) is 9.69 Å². The Morgan fingerprint density at radius 1 is 1.90 bits per heavy atom. The third kappa shape index (κ3) is 4.44. The second kappa shape index (κ2) is 5.35. The second-order valence-electron chi connectivity index (χ2n) is 1.52. The molecule has 0 bridgehead atoms. The van der Waals surface area contributed by atoms with Crippen LogP contribution >= 0.6 is 7.77 Å². The van der Waals surface area contributed by atoms with Gasteiger partial charge in [0.25, 0.3) is 0 Å². The van der Waals surface area contributed by atoms with Crippen LogP contribution in [0.2, 0.25) is 0 Å². The van der Waals surface area contributed by atoms with Crippen LogP contribution < -0.4 is 4.89 Å². The van der Waals surface area contributed by atoms with Crippen LogP contribution in [0.25, 0.3) is 0 Å². The van der Waals surface area contributed by atoms with E-state index in [1.165, 1.54) is 12.9 Å². The molecule has 1 unspecified atom stereocenters. The summed E-state index contributed by atoms with van der Waals surface area (Å²) in [4.78, 5) is 20.8. The summed E-state index contributed by atoms with van der Waals surface area (Å²) in [5.41, 5.74) is 0. The Kier molecular flexibility index (Phi) is 5.12. The van der Waals surface area contributed by atoms with Crippen molar-refractivity contribution < 1.29 is 19.5 Å². The highest BCUT2D eigenvalue weighted by Crippen LogP contribution is 2.05. The number of carbonyl (C=O) groups is 1. The molecule has 0 aliphatic rings. The number of esters is 1. The lowest BCUT2D eigenvalue weighted by Gasteiger charge is -1.92. The first-order valence-electron chi connectivity index (χ1n) is 2.65. The average Bonchev–Trinajstić information content (AvgIpc) is 1.99.